The van der Waals surface area contributed by atoms with Gasteiger partial charge in [-0.2, -0.15) is 0 Å². The third kappa shape index (κ3) is 6.45. The van der Waals surface area contributed by atoms with E-state index in [0.29, 0.717) is 0 Å². The van der Waals surface area contributed by atoms with E-state index in [0.717, 1.165) is 50.1 Å². The van der Waals surface area contributed by atoms with Crippen molar-refractivity contribution in [1.82, 2.24) is 0 Å². The first-order chi connectivity index (χ1) is 30.7. The number of hydrogen-bond acceptors (Lipinski definition) is 2. The number of fused-ring (bicyclic) bond motifs is 9. The minimum absolute atomic E-state index is 0.906. The smallest absolute Gasteiger partial charge is 0.143 e. The highest BCUT2D eigenvalue weighted by Crippen LogP contribution is 2.41. The number of hydrogen-bond donors (Lipinski definition) is 0. The van der Waals surface area contributed by atoms with Gasteiger partial charge in [-0.25, -0.2) is 0 Å². The van der Waals surface area contributed by atoms with Gasteiger partial charge in [0.05, 0.1) is 0 Å². The maximum atomic E-state index is 6.42. The summed E-state index contributed by atoms with van der Waals surface area (Å²) in [7, 11) is 0. The number of nitrogens with zero attached hydrogens (tertiary/aromatic N) is 1. The van der Waals surface area contributed by atoms with E-state index in [4.69, 9.17) is 4.42 Å². The Morgan fingerprint density at radius 3 is 1.23 bits per heavy atom. The number of rotatable bonds is 6. The van der Waals surface area contributed by atoms with Crippen LogP contribution in [0.15, 0.2) is 229 Å². The van der Waals surface area contributed by atoms with Crippen LogP contribution in [0.5, 0.6) is 0 Å². The van der Waals surface area contributed by atoms with Crippen LogP contribution in [0.4, 0.5) is 17.1 Å². The Balaban J connectivity index is 0.00000213. The van der Waals surface area contributed by atoms with Gasteiger partial charge >= 0.3 is 0 Å². The Kier molecular flexibility index (Phi) is 9.32. The van der Waals surface area contributed by atoms with Gasteiger partial charge in [0.1, 0.15) is 11.2 Å². The lowest BCUT2D eigenvalue weighted by atomic mass is 9.97. The largest absolute Gasteiger partial charge is 0.455 e. The summed E-state index contributed by atoms with van der Waals surface area (Å²) < 4.78 is 6.42. The van der Waals surface area contributed by atoms with Crippen LogP contribution in [-0.4, -0.2) is 0 Å². The van der Waals surface area contributed by atoms with E-state index in [-0.39, 0.29) is 0 Å². The minimum atomic E-state index is 0.906. The van der Waals surface area contributed by atoms with E-state index in [1.165, 1.54) is 65.3 Å². The summed E-state index contributed by atoms with van der Waals surface area (Å²) in [6.07, 6.45) is 0. The monoisotopic (exact) mass is 793 g/mol. The third-order valence-corrected chi connectivity index (χ3v) is 12.2. The molecule has 0 saturated carbocycles. The maximum Gasteiger partial charge on any atom is 0.143 e. The average Bonchev–Trinajstić information content (AvgIpc) is 3.74. The van der Waals surface area contributed by atoms with E-state index in [1.54, 1.807) is 0 Å². The molecule has 11 aromatic carbocycles. The Morgan fingerprint density at radius 1 is 0.290 bits per heavy atom. The quantitative estimate of drug-likeness (QED) is 0.156. The van der Waals surface area contributed by atoms with Gasteiger partial charge < -0.3 is 9.32 Å². The molecule has 0 aliphatic carbocycles. The van der Waals surface area contributed by atoms with Gasteiger partial charge in [-0.3, -0.25) is 0 Å². The van der Waals surface area contributed by atoms with Crippen molar-refractivity contribution in [1.29, 1.82) is 0 Å². The molecule has 0 amide bonds. The standard InChI is InChI=1S/C58H37NO.C2H6/c1-3-10-50-40(8-1)16-18-45-36-43(26-34-52(45)50)38-20-28-47(29-21-38)59(49-32-24-42(25-33-49)54-13-7-14-56-55-12-5-6-15-57(55)60-58(54)56)48-30-22-39(23-31-48)44-27-35-53-46(37-44)19-17-41-9-2-4-11-51(41)53;1-2/h1-37H;1-2H3. The van der Waals surface area contributed by atoms with Gasteiger partial charge in [-0.15, -0.1) is 0 Å². The van der Waals surface area contributed by atoms with Crippen LogP contribution in [0.2, 0.25) is 0 Å². The molecule has 2 heteroatoms. The first-order valence-corrected chi connectivity index (χ1v) is 21.6. The van der Waals surface area contributed by atoms with E-state index in [2.05, 4.69) is 217 Å². The van der Waals surface area contributed by atoms with Crippen LogP contribution in [-0.2, 0) is 0 Å². The molecule has 0 fully saturated rings. The van der Waals surface area contributed by atoms with Crippen LogP contribution in [0.3, 0.4) is 0 Å². The minimum Gasteiger partial charge on any atom is -0.455 e. The van der Waals surface area contributed by atoms with E-state index in [1.807, 2.05) is 26.0 Å². The molecule has 62 heavy (non-hydrogen) atoms. The van der Waals surface area contributed by atoms with Crippen LogP contribution >= 0.6 is 0 Å². The first kappa shape index (κ1) is 37.1. The lowest BCUT2D eigenvalue weighted by Gasteiger charge is -2.26. The summed E-state index contributed by atoms with van der Waals surface area (Å²) in [5.41, 5.74) is 12.0. The number of para-hydroxylation sites is 2. The van der Waals surface area contributed by atoms with Gasteiger partial charge in [0.25, 0.3) is 0 Å². The maximum absolute atomic E-state index is 6.42. The second-order valence-corrected chi connectivity index (χ2v) is 15.7. The Hall–Kier alpha value is -7.94. The van der Waals surface area contributed by atoms with Crippen molar-refractivity contribution in [3.8, 4) is 33.4 Å². The highest BCUT2D eigenvalue weighted by atomic mass is 16.3. The highest BCUT2D eigenvalue weighted by molar-refractivity contribution is 6.11. The van der Waals surface area contributed by atoms with E-state index < -0.39 is 0 Å². The zero-order valence-corrected chi connectivity index (χ0v) is 34.7. The fourth-order valence-electron chi connectivity index (χ4n) is 9.20. The van der Waals surface area contributed by atoms with Gasteiger partial charge in [-0.05, 0) is 126 Å². The van der Waals surface area contributed by atoms with Crippen molar-refractivity contribution in [3.05, 3.63) is 224 Å². The first-order valence-electron chi connectivity index (χ1n) is 21.6. The molecule has 2 nitrogen and oxygen atoms in total. The Bertz CT molecular complexity index is 3420. The molecule has 294 valence electrons. The van der Waals surface area contributed by atoms with Crippen molar-refractivity contribution >= 4 is 82.1 Å². The average molecular weight is 794 g/mol. The molecule has 0 unspecified atom stereocenters. The summed E-state index contributed by atoms with van der Waals surface area (Å²) in [4.78, 5) is 2.35. The van der Waals surface area contributed by atoms with Crippen LogP contribution < -0.4 is 4.90 Å². The molecule has 0 radical (unpaired) electrons. The van der Waals surface area contributed by atoms with Gasteiger partial charge in [0, 0.05) is 33.4 Å². The molecular formula is C60H43NO. The molecule has 0 aliphatic rings. The van der Waals surface area contributed by atoms with E-state index >= 15 is 0 Å². The number of anilines is 3. The SMILES string of the molecule is CC.c1ccc2c(c1)ccc1cc(-c3ccc(N(c4ccc(-c5ccc6c(ccc7ccccc76)c5)cc4)c4ccc(-c5cccc6c5oc5ccccc56)cc4)cc3)ccc12. The van der Waals surface area contributed by atoms with Crippen molar-refractivity contribution < 1.29 is 4.42 Å². The van der Waals surface area contributed by atoms with Crippen LogP contribution in [0.1, 0.15) is 13.8 Å². The number of furan rings is 1. The zero-order valence-electron chi connectivity index (χ0n) is 34.7. The molecule has 0 atom stereocenters. The Labute approximate surface area is 361 Å². The third-order valence-electron chi connectivity index (χ3n) is 12.2. The van der Waals surface area contributed by atoms with E-state index in [9.17, 15) is 0 Å². The van der Waals surface area contributed by atoms with Crippen molar-refractivity contribution in [2.24, 2.45) is 0 Å². The normalized spacial score (nSPS) is 11.4. The predicted octanol–water partition coefficient (Wildman–Crippen LogP) is 17.7. The molecule has 0 bridgehead atoms. The lowest BCUT2D eigenvalue weighted by molar-refractivity contribution is 0.670. The van der Waals surface area contributed by atoms with Crippen LogP contribution in [0, 0.1) is 0 Å². The Morgan fingerprint density at radius 2 is 0.694 bits per heavy atom. The second-order valence-electron chi connectivity index (χ2n) is 15.7. The summed E-state index contributed by atoms with van der Waals surface area (Å²) >= 11 is 0. The molecule has 0 saturated heterocycles. The molecule has 1 heterocycles. The fourth-order valence-corrected chi connectivity index (χ4v) is 9.20. The molecule has 12 aromatic rings. The van der Waals surface area contributed by atoms with Gasteiger partial charge in [0.15, 0.2) is 0 Å². The molecule has 0 spiro atoms. The fraction of sp³-hybridized carbons (Fsp3) is 0.0333. The summed E-state index contributed by atoms with van der Waals surface area (Å²) in [6, 6.07) is 81.3. The summed E-state index contributed by atoms with van der Waals surface area (Å²) in [5.74, 6) is 0. The molecule has 0 N–H and O–H groups in total. The summed E-state index contributed by atoms with van der Waals surface area (Å²) in [5, 5.41) is 12.4. The predicted molar refractivity (Wildman–Crippen MR) is 266 cm³/mol. The van der Waals surface area contributed by atoms with Crippen molar-refractivity contribution in [2.45, 2.75) is 13.8 Å². The zero-order chi connectivity index (χ0) is 41.6. The molecule has 1 aromatic heterocycles. The lowest BCUT2D eigenvalue weighted by Crippen LogP contribution is -2.09. The van der Waals surface area contributed by atoms with Crippen LogP contribution in [0.25, 0.3) is 98.4 Å². The number of benzene rings is 11. The molecule has 0 aliphatic heterocycles. The van der Waals surface area contributed by atoms with Gasteiger partial charge in [0.2, 0.25) is 0 Å². The van der Waals surface area contributed by atoms with Gasteiger partial charge in [-0.1, -0.05) is 184 Å². The van der Waals surface area contributed by atoms with Crippen molar-refractivity contribution in [2.75, 3.05) is 4.90 Å². The highest BCUT2D eigenvalue weighted by Gasteiger charge is 2.16. The topological polar surface area (TPSA) is 16.4 Å². The summed E-state index contributed by atoms with van der Waals surface area (Å²) in [6.45, 7) is 4.00. The molecule has 12 rings (SSSR count). The second kappa shape index (κ2) is 15.6. The van der Waals surface area contributed by atoms with Crippen molar-refractivity contribution in [3.63, 3.8) is 0 Å². The molecular weight excluding hydrogens is 751 g/mol.